The van der Waals surface area contributed by atoms with E-state index in [0.29, 0.717) is 5.54 Å². The van der Waals surface area contributed by atoms with E-state index < -0.39 is 0 Å². The molecule has 1 heterocycles. The molecule has 1 nitrogen and oxygen atoms in total. The maximum Gasteiger partial charge on any atom is 0.0549 e. The van der Waals surface area contributed by atoms with Crippen LogP contribution in [-0.4, -0.2) is 26.8 Å². The third-order valence-electron chi connectivity index (χ3n) is 4.29. The van der Waals surface area contributed by atoms with Crippen LogP contribution in [0.2, 0.25) is 13.1 Å². The SMILES string of the molecule is C=CC=CC.C[Si](C)C1C=C(N2CCCC2)c2ccccc21. The third-order valence-corrected chi connectivity index (χ3v) is 6.02. The average molecular weight is 311 g/mol. The molecule has 1 aliphatic heterocycles. The Kier molecular flexibility index (Phi) is 6.26. The zero-order valence-electron chi connectivity index (χ0n) is 14.2. The van der Waals surface area contributed by atoms with Gasteiger partial charge in [0.05, 0.1) is 8.80 Å². The molecule has 117 valence electrons. The van der Waals surface area contributed by atoms with E-state index in [1.54, 1.807) is 11.6 Å². The number of fused-ring (bicyclic) bond motifs is 1. The number of nitrogens with zero attached hydrogens (tertiary/aromatic N) is 1. The van der Waals surface area contributed by atoms with Gasteiger partial charge in [0, 0.05) is 24.4 Å². The van der Waals surface area contributed by atoms with Crippen molar-refractivity contribution in [3.8, 4) is 0 Å². The molecule has 2 heteroatoms. The summed E-state index contributed by atoms with van der Waals surface area (Å²) in [4.78, 5) is 2.59. The molecule has 1 radical (unpaired) electrons. The Hall–Kier alpha value is -1.54. The number of rotatable bonds is 3. The highest BCUT2D eigenvalue weighted by molar-refractivity contribution is 6.58. The van der Waals surface area contributed by atoms with Gasteiger partial charge in [0.1, 0.15) is 0 Å². The van der Waals surface area contributed by atoms with Gasteiger partial charge < -0.3 is 4.90 Å². The Labute approximate surface area is 137 Å². The zero-order valence-corrected chi connectivity index (χ0v) is 15.2. The molecular formula is C20H28NSi. The van der Waals surface area contributed by atoms with Crippen molar-refractivity contribution in [2.24, 2.45) is 0 Å². The molecule has 1 saturated heterocycles. The number of likely N-dealkylation sites (tertiary alicyclic amines) is 1. The Morgan fingerprint density at radius 3 is 2.41 bits per heavy atom. The van der Waals surface area contributed by atoms with Crippen molar-refractivity contribution in [3.05, 3.63) is 66.3 Å². The van der Waals surface area contributed by atoms with Crippen LogP contribution in [0.15, 0.2) is 55.1 Å². The second kappa shape index (κ2) is 8.18. The van der Waals surface area contributed by atoms with Gasteiger partial charge in [-0.25, -0.2) is 0 Å². The second-order valence-electron chi connectivity index (χ2n) is 6.15. The largest absolute Gasteiger partial charge is 0.371 e. The smallest absolute Gasteiger partial charge is 0.0549 e. The van der Waals surface area contributed by atoms with Crippen LogP contribution in [0.3, 0.4) is 0 Å². The molecule has 1 aliphatic carbocycles. The molecule has 0 bridgehead atoms. The van der Waals surface area contributed by atoms with Crippen molar-refractivity contribution in [2.75, 3.05) is 13.1 Å². The Morgan fingerprint density at radius 2 is 1.86 bits per heavy atom. The first-order valence-corrected chi connectivity index (χ1v) is 10.9. The number of allylic oxidation sites excluding steroid dienone is 4. The molecule has 0 aromatic heterocycles. The van der Waals surface area contributed by atoms with E-state index in [9.17, 15) is 0 Å². The van der Waals surface area contributed by atoms with E-state index in [2.05, 4.69) is 54.9 Å². The molecule has 2 aliphatic rings. The summed E-state index contributed by atoms with van der Waals surface area (Å²) in [6.45, 7) is 12.8. The third kappa shape index (κ3) is 3.80. The summed E-state index contributed by atoms with van der Waals surface area (Å²) in [5, 5.41) is 0. The van der Waals surface area contributed by atoms with Crippen LogP contribution in [0.5, 0.6) is 0 Å². The predicted molar refractivity (Wildman–Crippen MR) is 100 cm³/mol. The first kappa shape index (κ1) is 16.8. The van der Waals surface area contributed by atoms with Crippen LogP contribution in [0, 0.1) is 0 Å². The van der Waals surface area contributed by atoms with Gasteiger partial charge in [0.25, 0.3) is 0 Å². The summed E-state index contributed by atoms with van der Waals surface area (Å²) in [5.41, 5.74) is 5.32. The fourth-order valence-electron chi connectivity index (χ4n) is 3.19. The number of hydrogen-bond acceptors (Lipinski definition) is 1. The minimum Gasteiger partial charge on any atom is -0.371 e. The van der Waals surface area contributed by atoms with E-state index in [1.807, 2.05) is 19.1 Å². The minimum atomic E-state index is -0.288. The topological polar surface area (TPSA) is 3.24 Å². The van der Waals surface area contributed by atoms with Gasteiger partial charge in [-0.05, 0) is 30.9 Å². The quantitative estimate of drug-likeness (QED) is 0.543. The molecule has 1 unspecified atom stereocenters. The molecule has 0 saturated carbocycles. The van der Waals surface area contributed by atoms with Gasteiger partial charge in [-0.15, -0.1) is 0 Å². The Bertz CT molecular complexity index is 551. The average Bonchev–Trinajstić information content (AvgIpc) is 3.16. The van der Waals surface area contributed by atoms with Crippen LogP contribution in [0.25, 0.3) is 5.70 Å². The number of benzene rings is 1. The van der Waals surface area contributed by atoms with Crippen LogP contribution in [0.4, 0.5) is 0 Å². The van der Waals surface area contributed by atoms with Crippen LogP contribution in [0.1, 0.15) is 36.4 Å². The first-order valence-electron chi connectivity index (χ1n) is 8.29. The summed E-state index contributed by atoms with van der Waals surface area (Å²) >= 11 is 0. The van der Waals surface area contributed by atoms with Crippen molar-refractivity contribution < 1.29 is 0 Å². The van der Waals surface area contributed by atoms with Crippen LogP contribution < -0.4 is 0 Å². The normalized spacial score (nSPS) is 19.9. The zero-order chi connectivity index (χ0) is 15.9. The maximum absolute atomic E-state index is 3.46. The van der Waals surface area contributed by atoms with Crippen LogP contribution in [-0.2, 0) is 0 Å². The standard InChI is InChI=1S/C15H20NSi.C5H8/c1-17(2)15-11-14(16-9-5-6-10-16)12-7-3-4-8-13(12)15;1-3-5-4-2/h3-4,7-8,11,15H,5-6,9-10H2,1-2H3;3-5H,1H2,2H3. The highest BCUT2D eigenvalue weighted by atomic mass is 28.3. The highest BCUT2D eigenvalue weighted by Gasteiger charge is 2.29. The molecular weight excluding hydrogens is 282 g/mol. The molecule has 0 N–H and O–H groups in total. The van der Waals surface area contributed by atoms with Crippen molar-refractivity contribution >= 4 is 14.5 Å². The molecule has 0 spiro atoms. The molecule has 1 fully saturated rings. The van der Waals surface area contributed by atoms with Gasteiger partial charge in [-0.3, -0.25) is 0 Å². The van der Waals surface area contributed by atoms with E-state index in [-0.39, 0.29) is 8.80 Å². The second-order valence-corrected chi connectivity index (χ2v) is 8.93. The van der Waals surface area contributed by atoms with Crippen molar-refractivity contribution in [1.82, 2.24) is 4.90 Å². The van der Waals surface area contributed by atoms with Crippen LogP contribution >= 0.6 is 0 Å². The maximum atomic E-state index is 3.46. The Morgan fingerprint density at radius 1 is 1.18 bits per heavy atom. The lowest BCUT2D eigenvalue weighted by Crippen LogP contribution is -2.16. The summed E-state index contributed by atoms with van der Waals surface area (Å²) in [6.07, 6.45) is 10.8. The van der Waals surface area contributed by atoms with Crippen molar-refractivity contribution in [3.63, 3.8) is 0 Å². The molecule has 1 aromatic rings. The Balaban J connectivity index is 0.000000309. The lowest BCUT2D eigenvalue weighted by molar-refractivity contribution is 0.494. The monoisotopic (exact) mass is 310 g/mol. The van der Waals surface area contributed by atoms with E-state index in [4.69, 9.17) is 0 Å². The van der Waals surface area contributed by atoms with Crippen molar-refractivity contribution in [1.29, 1.82) is 0 Å². The molecule has 22 heavy (non-hydrogen) atoms. The van der Waals surface area contributed by atoms with E-state index in [1.165, 1.54) is 37.2 Å². The summed E-state index contributed by atoms with van der Waals surface area (Å²) in [5.74, 6) is 0. The lowest BCUT2D eigenvalue weighted by Gasteiger charge is -2.19. The summed E-state index contributed by atoms with van der Waals surface area (Å²) in [7, 11) is -0.288. The number of hydrogen-bond donors (Lipinski definition) is 0. The first-order chi connectivity index (χ1) is 10.7. The molecule has 0 amide bonds. The fourth-order valence-corrected chi connectivity index (χ4v) is 4.55. The molecule has 1 aromatic carbocycles. The summed E-state index contributed by atoms with van der Waals surface area (Å²) in [6, 6.07) is 9.02. The van der Waals surface area contributed by atoms with Gasteiger partial charge in [0.15, 0.2) is 0 Å². The van der Waals surface area contributed by atoms with Gasteiger partial charge in [-0.2, -0.15) is 0 Å². The highest BCUT2D eigenvalue weighted by Crippen LogP contribution is 2.39. The van der Waals surface area contributed by atoms with E-state index >= 15 is 0 Å². The van der Waals surface area contributed by atoms with E-state index in [0.717, 1.165) is 0 Å². The minimum absolute atomic E-state index is 0.288. The van der Waals surface area contributed by atoms with Crippen molar-refractivity contribution in [2.45, 2.75) is 38.4 Å². The van der Waals surface area contributed by atoms with Gasteiger partial charge in [0.2, 0.25) is 0 Å². The molecule has 1 atom stereocenters. The fraction of sp³-hybridized carbons (Fsp3) is 0.400. The van der Waals surface area contributed by atoms with Gasteiger partial charge >= 0.3 is 0 Å². The summed E-state index contributed by atoms with van der Waals surface area (Å²) < 4.78 is 0. The van der Waals surface area contributed by atoms with Gasteiger partial charge in [-0.1, -0.05) is 68.2 Å². The predicted octanol–water partition coefficient (Wildman–Crippen LogP) is 5.26. The lowest BCUT2D eigenvalue weighted by atomic mass is 10.1. The molecule has 3 rings (SSSR count).